The molecule has 0 aromatic carbocycles. The fraction of sp³-hybridized carbons (Fsp3) is 0.889. The van der Waals surface area contributed by atoms with E-state index >= 15 is 0 Å². The molecule has 0 spiro atoms. The van der Waals surface area contributed by atoms with Gasteiger partial charge in [-0.15, -0.1) is 0 Å². The number of rotatable bonds is 11. The zero-order valence-electron chi connectivity index (χ0n) is 14.4. The third-order valence-corrected chi connectivity index (χ3v) is 4.43. The molecule has 1 fully saturated rings. The molecule has 0 bridgehead atoms. The molecule has 0 saturated heterocycles. The highest BCUT2D eigenvalue weighted by Gasteiger charge is 2.25. The molecule has 128 valence electrons. The van der Waals surface area contributed by atoms with E-state index in [1.807, 2.05) is 0 Å². The van der Waals surface area contributed by atoms with Crippen LogP contribution in [-0.2, 0) is 14.3 Å². The third-order valence-electron chi connectivity index (χ3n) is 4.43. The average molecular weight is 311 g/mol. The van der Waals surface area contributed by atoms with E-state index in [0.717, 1.165) is 38.5 Å². The summed E-state index contributed by atoms with van der Waals surface area (Å²) in [6, 6.07) is -0.530. The molecule has 0 aromatic heterocycles. The van der Waals surface area contributed by atoms with Gasteiger partial charge in [0.25, 0.3) is 0 Å². The Kier molecular flexibility index (Phi) is 9.93. The number of amides is 1. The number of nitrogens with one attached hydrogen (secondary N) is 1. The first-order chi connectivity index (χ1) is 10.6. The van der Waals surface area contributed by atoms with E-state index < -0.39 is 6.04 Å². The minimum absolute atomic E-state index is 0.0119. The Morgan fingerprint density at radius 2 is 1.64 bits per heavy atom. The second kappa shape index (κ2) is 11.5. The molecule has 4 nitrogen and oxygen atoms in total. The molecule has 1 rings (SSSR count). The fourth-order valence-electron chi connectivity index (χ4n) is 2.94. The van der Waals surface area contributed by atoms with Gasteiger partial charge in [0.15, 0.2) is 0 Å². The Hall–Kier alpha value is -1.06. The summed E-state index contributed by atoms with van der Waals surface area (Å²) < 4.78 is 5.24. The van der Waals surface area contributed by atoms with E-state index in [4.69, 9.17) is 4.74 Å². The summed E-state index contributed by atoms with van der Waals surface area (Å²) in [7, 11) is 0. The zero-order valence-corrected chi connectivity index (χ0v) is 14.4. The standard InChI is InChI=1S/C18H33NO3/c1-3-4-5-6-7-8-11-14-22-18(21)15(2)19-17(20)16-12-9-10-13-16/h15-16H,3-14H2,1-2H3,(H,19,20)/t15-/m0/s1. The van der Waals surface area contributed by atoms with Crippen molar-refractivity contribution in [1.29, 1.82) is 0 Å². The van der Waals surface area contributed by atoms with Crippen molar-refractivity contribution in [3.8, 4) is 0 Å². The van der Waals surface area contributed by atoms with Gasteiger partial charge in [0.05, 0.1) is 6.61 Å². The van der Waals surface area contributed by atoms with E-state index in [1.165, 1.54) is 32.1 Å². The van der Waals surface area contributed by atoms with Crippen molar-refractivity contribution in [3.63, 3.8) is 0 Å². The first-order valence-electron chi connectivity index (χ1n) is 9.12. The number of carbonyl (C=O) groups is 2. The molecule has 1 N–H and O–H groups in total. The van der Waals surface area contributed by atoms with E-state index in [9.17, 15) is 9.59 Å². The van der Waals surface area contributed by atoms with Gasteiger partial charge in [-0.25, -0.2) is 4.79 Å². The van der Waals surface area contributed by atoms with Gasteiger partial charge in [-0.05, 0) is 26.2 Å². The van der Waals surface area contributed by atoms with Gasteiger partial charge in [0, 0.05) is 5.92 Å². The van der Waals surface area contributed by atoms with E-state index in [-0.39, 0.29) is 17.8 Å². The van der Waals surface area contributed by atoms with Gasteiger partial charge in [-0.2, -0.15) is 0 Å². The van der Waals surface area contributed by atoms with Crippen LogP contribution in [0.1, 0.15) is 84.5 Å². The van der Waals surface area contributed by atoms with Crippen molar-refractivity contribution in [1.82, 2.24) is 5.32 Å². The van der Waals surface area contributed by atoms with E-state index in [1.54, 1.807) is 6.92 Å². The van der Waals surface area contributed by atoms with Crippen LogP contribution in [-0.4, -0.2) is 24.5 Å². The number of hydrogen-bond donors (Lipinski definition) is 1. The summed E-state index contributed by atoms with van der Waals surface area (Å²) in [5, 5.41) is 2.78. The molecule has 4 heteroatoms. The molecular formula is C18H33NO3. The Bertz CT molecular complexity index is 324. The predicted octanol–water partition coefficient (Wildman–Crippen LogP) is 3.98. The van der Waals surface area contributed by atoms with Crippen LogP contribution >= 0.6 is 0 Å². The highest BCUT2D eigenvalue weighted by atomic mass is 16.5. The Labute approximate surface area is 135 Å². The fourth-order valence-corrected chi connectivity index (χ4v) is 2.94. The second-order valence-corrected chi connectivity index (χ2v) is 6.50. The molecule has 0 unspecified atom stereocenters. The van der Waals surface area contributed by atoms with E-state index in [2.05, 4.69) is 12.2 Å². The smallest absolute Gasteiger partial charge is 0.328 e. The molecule has 1 aliphatic rings. The van der Waals surface area contributed by atoms with Gasteiger partial charge in [0.2, 0.25) is 5.91 Å². The summed E-state index contributed by atoms with van der Waals surface area (Å²) in [5.74, 6) is -0.200. The summed E-state index contributed by atoms with van der Waals surface area (Å²) in [6.07, 6.45) is 12.5. The largest absolute Gasteiger partial charge is 0.464 e. The lowest BCUT2D eigenvalue weighted by atomic mass is 10.1. The van der Waals surface area contributed by atoms with Gasteiger partial charge in [0.1, 0.15) is 6.04 Å². The van der Waals surface area contributed by atoms with Crippen LogP contribution in [0.5, 0.6) is 0 Å². The first kappa shape index (κ1) is 19.0. The van der Waals surface area contributed by atoms with Gasteiger partial charge in [-0.1, -0.05) is 58.3 Å². The third kappa shape index (κ3) is 7.81. The van der Waals surface area contributed by atoms with Crippen LogP contribution in [0.15, 0.2) is 0 Å². The minimum atomic E-state index is -0.530. The average Bonchev–Trinajstić information content (AvgIpc) is 3.04. The number of unbranched alkanes of at least 4 members (excludes halogenated alkanes) is 6. The number of esters is 1. The highest BCUT2D eigenvalue weighted by Crippen LogP contribution is 2.24. The van der Waals surface area contributed by atoms with Crippen molar-refractivity contribution in [3.05, 3.63) is 0 Å². The van der Waals surface area contributed by atoms with Crippen LogP contribution in [0.2, 0.25) is 0 Å². The Morgan fingerprint density at radius 1 is 1.05 bits per heavy atom. The first-order valence-corrected chi connectivity index (χ1v) is 9.12. The highest BCUT2D eigenvalue weighted by molar-refractivity contribution is 5.85. The van der Waals surface area contributed by atoms with Crippen molar-refractivity contribution in [2.75, 3.05) is 6.61 Å². The maximum absolute atomic E-state index is 11.9. The topological polar surface area (TPSA) is 55.4 Å². The van der Waals surface area contributed by atoms with Crippen LogP contribution in [0.4, 0.5) is 0 Å². The molecule has 1 atom stereocenters. The Balaban J connectivity index is 2.02. The summed E-state index contributed by atoms with van der Waals surface area (Å²) in [5.41, 5.74) is 0. The lowest BCUT2D eigenvalue weighted by molar-refractivity contribution is -0.147. The number of carbonyl (C=O) groups excluding carboxylic acids is 2. The molecule has 22 heavy (non-hydrogen) atoms. The number of hydrogen-bond acceptors (Lipinski definition) is 3. The van der Waals surface area contributed by atoms with Crippen molar-refractivity contribution in [2.45, 2.75) is 90.5 Å². The van der Waals surface area contributed by atoms with Crippen molar-refractivity contribution >= 4 is 11.9 Å². The normalized spacial score (nSPS) is 16.5. The molecule has 0 aliphatic heterocycles. The van der Waals surface area contributed by atoms with E-state index in [0.29, 0.717) is 6.61 Å². The molecule has 1 aliphatic carbocycles. The van der Waals surface area contributed by atoms with Crippen LogP contribution in [0.3, 0.4) is 0 Å². The molecule has 0 radical (unpaired) electrons. The minimum Gasteiger partial charge on any atom is -0.464 e. The van der Waals surface area contributed by atoms with Crippen molar-refractivity contribution < 1.29 is 14.3 Å². The second-order valence-electron chi connectivity index (χ2n) is 6.50. The van der Waals surface area contributed by atoms with Gasteiger partial charge in [-0.3, -0.25) is 4.79 Å². The molecule has 0 heterocycles. The maximum atomic E-state index is 11.9. The molecule has 1 amide bonds. The summed E-state index contributed by atoms with van der Waals surface area (Å²) >= 11 is 0. The molecule has 1 saturated carbocycles. The lowest BCUT2D eigenvalue weighted by Gasteiger charge is -2.16. The van der Waals surface area contributed by atoms with Gasteiger partial charge < -0.3 is 10.1 Å². The monoisotopic (exact) mass is 311 g/mol. The van der Waals surface area contributed by atoms with Crippen LogP contribution in [0, 0.1) is 5.92 Å². The maximum Gasteiger partial charge on any atom is 0.328 e. The zero-order chi connectivity index (χ0) is 16.2. The SMILES string of the molecule is CCCCCCCCCOC(=O)[C@H](C)NC(=O)C1CCCC1. The van der Waals surface area contributed by atoms with Crippen molar-refractivity contribution in [2.24, 2.45) is 5.92 Å². The Morgan fingerprint density at radius 3 is 2.27 bits per heavy atom. The van der Waals surface area contributed by atoms with Crippen LogP contribution < -0.4 is 5.32 Å². The molecule has 0 aromatic rings. The molecular weight excluding hydrogens is 278 g/mol. The van der Waals surface area contributed by atoms with Crippen LogP contribution in [0.25, 0.3) is 0 Å². The lowest BCUT2D eigenvalue weighted by Crippen LogP contribution is -2.42. The predicted molar refractivity (Wildman–Crippen MR) is 88.5 cm³/mol. The number of ether oxygens (including phenoxy) is 1. The quantitative estimate of drug-likeness (QED) is 0.464. The summed E-state index contributed by atoms with van der Waals surface area (Å²) in [6.45, 7) is 4.39. The summed E-state index contributed by atoms with van der Waals surface area (Å²) in [4.78, 5) is 23.8. The van der Waals surface area contributed by atoms with Gasteiger partial charge >= 0.3 is 5.97 Å².